The monoisotopic (exact) mass is 448 g/mol. The van der Waals surface area contributed by atoms with Crippen LogP contribution >= 0.6 is 11.6 Å². The summed E-state index contributed by atoms with van der Waals surface area (Å²) in [6.07, 6.45) is 5.46. The normalized spacial score (nSPS) is 17.5. The average molecular weight is 449 g/mol. The Labute approximate surface area is 188 Å². The van der Waals surface area contributed by atoms with Gasteiger partial charge in [0.05, 0.1) is 5.02 Å². The lowest BCUT2D eigenvalue weighted by Crippen LogP contribution is -2.55. The maximum atomic E-state index is 13.3. The largest absolute Gasteiger partial charge is 0.437 e. The van der Waals surface area contributed by atoms with Crippen LogP contribution in [0.3, 0.4) is 0 Å². The average Bonchev–Trinajstić information content (AvgIpc) is 2.76. The fourth-order valence-corrected chi connectivity index (χ4v) is 4.12. The van der Waals surface area contributed by atoms with Crippen LogP contribution in [0.15, 0.2) is 30.6 Å². The smallest absolute Gasteiger partial charge is 0.226 e. The predicted octanol–water partition coefficient (Wildman–Crippen LogP) is 5.31. The summed E-state index contributed by atoms with van der Waals surface area (Å²) in [5.74, 6) is 1.32. The molecule has 1 aromatic heterocycles. The molecule has 0 spiro atoms. The van der Waals surface area contributed by atoms with Crippen LogP contribution in [0, 0.1) is 11.7 Å². The van der Waals surface area contributed by atoms with E-state index < -0.39 is 5.82 Å². The minimum atomic E-state index is -0.429. The number of piperazine rings is 1. The number of halogens is 2. The van der Waals surface area contributed by atoms with Crippen molar-refractivity contribution in [2.24, 2.45) is 5.92 Å². The first-order valence-electron chi connectivity index (χ1n) is 10.9. The van der Waals surface area contributed by atoms with Gasteiger partial charge in [-0.25, -0.2) is 14.4 Å². The molecule has 8 heteroatoms. The Hall–Kier alpha value is -2.41. The minimum absolute atomic E-state index is 0.0859. The zero-order chi connectivity index (χ0) is 22.4. The van der Waals surface area contributed by atoms with E-state index in [9.17, 15) is 9.18 Å². The van der Waals surface area contributed by atoms with Gasteiger partial charge >= 0.3 is 0 Å². The number of aromatic nitrogens is 2. The summed E-state index contributed by atoms with van der Waals surface area (Å²) in [6, 6.07) is 5.77. The van der Waals surface area contributed by atoms with E-state index in [1.807, 2.05) is 4.90 Å². The Morgan fingerprint density at radius 1 is 1.29 bits per heavy atom. The summed E-state index contributed by atoms with van der Waals surface area (Å²) >= 11 is 6.05. The Morgan fingerprint density at radius 3 is 2.77 bits per heavy atom. The van der Waals surface area contributed by atoms with Crippen LogP contribution < -0.4 is 9.64 Å². The lowest BCUT2D eigenvalue weighted by Gasteiger charge is -2.41. The van der Waals surface area contributed by atoms with Crippen LogP contribution in [0.25, 0.3) is 0 Å². The molecule has 2 aromatic rings. The van der Waals surface area contributed by atoms with Crippen LogP contribution in [0.4, 0.5) is 10.2 Å². The highest BCUT2D eigenvalue weighted by Crippen LogP contribution is 2.30. The minimum Gasteiger partial charge on any atom is -0.437 e. The van der Waals surface area contributed by atoms with E-state index in [2.05, 4.69) is 35.6 Å². The molecular weight excluding hydrogens is 419 g/mol. The molecule has 1 aliphatic rings. The topological polar surface area (TPSA) is 58.6 Å². The number of anilines is 1. The number of unbranched alkanes of at least 4 members (excludes halogenated alkanes) is 1. The van der Waals surface area contributed by atoms with E-state index in [1.54, 1.807) is 6.07 Å². The van der Waals surface area contributed by atoms with E-state index in [4.69, 9.17) is 16.3 Å². The Kier molecular flexibility index (Phi) is 8.07. The predicted molar refractivity (Wildman–Crippen MR) is 120 cm³/mol. The number of ether oxygens (including phenoxy) is 1. The van der Waals surface area contributed by atoms with Crippen LogP contribution in [0.5, 0.6) is 11.6 Å². The van der Waals surface area contributed by atoms with Gasteiger partial charge in [-0.1, -0.05) is 38.3 Å². The van der Waals surface area contributed by atoms with Crippen molar-refractivity contribution in [2.45, 2.75) is 52.5 Å². The zero-order valence-electron chi connectivity index (χ0n) is 18.4. The first-order valence-corrected chi connectivity index (χ1v) is 11.3. The molecule has 0 aliphatic carbocycles. The molecule has 2 atom stereocenters. The number of carbonyl (C=O) groups is 1. The summed E-state index contributed by atoms with van der Waals surface area (Å²) in [4.78, 5) is 25.7. The quantitative estimate of drug-likeness (QED) is 0.547. The van der Waals surface area contributed by atoms with Crippen LogP contribution in [-0.4, -0.2) is 46.5 Å². The Balaban J connectivity index is 1.66. The number of amides is 1. The van der Waals surface area contributed by atoms with Crippen molar-refractivity contribution < 1.29 is 13.9 Å². The van der Waals surface area contributed by atoms with Gasteiger partial charge in [0.25, 0.3) is 0 Å². The molecule has 0 saturated carbocycles. The van der Waals surface area contributed by atoms with Crippen molar-refractivity contribution in [3.63, 3.8) is 0 Å². The van der Waals surface area contributed by atoms with E-state index >= 15 is 0 Å². The fourth-order valence-electron chi connectivity index (χ4n) is 3.91. The molecule has 0 radical (unpaired) electrons. The molecule has 3 rings (SSSR count). The summed E-state index contributed by atoms with van der Waals surface area (Å²) in [6.45, 7) is 8.36. The van der Waals surface area contributed by atoms with E-state index in [0.29, 0.717) is 31.3 Å². The van der Waals surface area contributed by atoms with Gasteiger partial charge in [-0.05, 0) is 38.0 Å². The van der Waals surface area contributed by atoms with Crippen molar-refractivity contribution in [1.29, 1.82) is 0 Å². The van der Waals surface area contributed by atoms with Crippen molar-refractivity contribution >= 4 is 23.3 Å². The molecule has 0 N–H and O–H groups in total. The highest BCUT2D eigenvalue weighted by Gasteiger charge is 2.31. The molecule has 1 amide bonds. The number of carbonyl (C=O) groups excluding carboxylic acids is 1. The number of nitrogens with zero attached hydrogens (tertiary/aromatic N) is 4. The Morgan fingerprint density at radius 2 is 2.10 bits per heavy atom. The molecule has 31 heavy (non-hydrogen) atoms. The molecule has 2 heterocycles. The molecule has 168 valence electrons. The summed E-state index contributed by atoms with van der Waals surface area (Å²) in [7, 11) is 0. The van der Waals surface area contributed by atoms with Gasteiger partial charge < -0.3 is 14.5 Å². The molecular formula is C23H30ClFN4O2. The van der Waals surface area contributed by atoms with E-state index in [-0.39, 0.29) is 22.9 Å². The van der Waals surface area contributed by atoms with Crippen molar-refractivity contribution in [3.8, 4) is 11.6 Å². The van der Waals surface area contributed by atoms with Crippen LogP contribution in [0.1, 0.15) is 46.5 Å². The van der Waals surface area contributed by atoms with Gasteiger partial charge in [0, 0.05) is 37.7 Å². The lowest BCUT2D eigenvalue weighted by molar-refractivity contribution is -0.138. The molecule has 1 fully saturated rings. The van der Waals surface area contributed by atoms with Gasteiger partial charge in [0.1, 0.15) is 23.7 Å². The standard InChI is InChI=1S/C23H30ClFN4O2/c1-4-6-7-17(5-2)23(30)29-11-10-28(14-16(29)3)21-13-22(27-15-26-21)31-20-9-8-18(25)12-19(20)24/h8-9,12-13,15-17H,4-7,10-11,14H2,1-3H3/t16-,17+/m0/s1. The third kappa shape index (κ3) is 5.85. The SMILES string of the molecule is CCCC[C@@H](CC)C(=O)N1CCN(c2cc(Oc3ccc(F)cc3Cl)ncn2)C[C@@H]1C. The molecule has 0 unspecified atom stereocenters. The highest BCUT2D eigenvalue weighted by molar-refractivity contribution is 6.32. The molecule has 1 aromatic carbocycles. The van der Waals surface area contributed by atoms with Crippen molar-refractivity contribution in [2.75, 3.05) is 24.5 Å². The lowest BCUT2D eigenvalue weighted by atomic mass is 9.96. The molecule has 1 saturated heterocycles. The second-order valence-electron chi connectivity index (χ2n) is 7.97. The second kappa shape index (κ2) is 10.8. The number of hydrogen-bond donors (Lipinski definition) is 0. The van der Waals surface area contributed by atoms with Gasteiger partial charge in [0.15, 0.2) is 0 Å². The van der Waals surface area contributed by atoms with Crippen molar-refractivity contribution in [1.82, 2.24) is 14.9 Å². The highest BCUT2D eigenvalue weighted by atomic mass is 35.5. The van der Waals surface area contributed by atoms with Crippen LogP contribution in [0.2, 0.25) is 5.02 Å². The molecule has 1 aliphatic heterocycles. The van der Waals surface area contributed by atoms with Crippen molar-refractivity contribution in [3.05, 3.63) is 41.4 Å². The molecule has 0 bridgehead atoms. The van der Waals surface area contributed by atoms with Gasteiger partial charge in [-0.2, -0.15) is 0 Å². The third-order valence-corrected chi connectivity index (χ3v) is 6.01. The van der Waals surface area contributed by atoms with E-state index in [0.717, 1.165) is 31.5 Å². The second-order valence-corrected chi connectivity index (χ2v) is 8.37. The van der Waals surface area contributed by atoms with Gasteiger partial charge in [-0.3, -0.25) is 4.79 Å². The zero-order valence-corrected chi connectivity index (χ0v) is 19.1. The number of rotatable bonds is 8. The summed E-state index contributed by atoms with van der Waals surface area (Å²) in [5.41, 5.74) is 0. The third-order valence-electron chi connectivity index (χ3n) is 5.72. The first kappa shape index (κ1) is 23.3. The number of benzene rings is 1. The maximum absolute atomic E-state index is 13.3. The summed E-state index contributed by atoms with van der Waals surface area (Å²) < 4.78 is 19.0. The summed E-state index contributed by atoms with van der Waals surface area (Å²) in [5, 5.41) is 0.175. The van der Waals surface area contributed by atoms with Gasteiger partial charge in [0.2, 0.25) is 11.8 Å². The Bertz CT molecular complexity index is 898. The van der Waals surface area contributed by atoms with E-state index in [1.165, 1.54) is 24.5 Å². The maximum Gasteiger partial charge on any atom is 0.226 e. The number of hydrogen-bond acceptors (Lipinski definition) is 5. The first-order chi connectivity index (χ1) is 14.9. The van der Waals surface area contributed by atoms with Gasteiger partial charge in [-0.15, -0.1) is 0 Å². The van der Waals surface area contributed by atoms with Crippen LogP contribution in [-0.2, 0) is 4.79 Å². The molecule has 6 nitrogen and oxygen atoms in total. The fraction of sp³-hybridized carbons (Fsp3) is 0.522.